The molecule has 1 aliphatic rings. The van der Waals surface area contributed by atoms with Crippen LogP contribution in [0.2, 0.25) is 0 Å². The molecule has 0 unspecified atom stereocenters. The number of pyridine rings is 2. The van der Waals surface area contributed by atoms with Crippen molar-refractivity contribution in [3.63, 3.8) is 0 Å². The van der Waals surface area contributed by atoms with E-state index in [0.717, 1.165) is 42.3 Å². The lowest BCUT2D eigenvalue weighted by molar-refractivity contribution is -0.117. The van der Waals surface area contributed by atoms with Crippen LogP contribution in [0.25, 0.3) is 0 Å². The average molecular weight is 405 g/mol. The number of aromatic nitrogens is 2. The summed E-state index contributed by atoms with van der Waals surface area (Å²) in [7, 11) is 0. The van der Waals surface area contributed by atoms with Gasteiger partial charge in [0, 0.05) is 23.3 Å². The molecule has 1 saturated heterocycles. The van der Waals surface area contributed by atoms with Gasteiger partial charge in [-0.05, 0) is 74.8 Å². The quantitative estimate of drug-likeness (QED) is 0.634. The van der Waals surface area contributed by atoms with Crippen molar-refractivity contribution in [3.8, 4) is 0 Å². The number of likely N-dealkylation sites (tertiary alicyclic amines) is 1. The highest BCUT2D eigenvalue weighted by Crippen LogP contribution is 2.32. The van der Waals surface area contributed by atoms with E-state index in [4.69, 9.17) is 4.98 Å². The predicted octanol–water partition coefficient (Wildman–Crippen LogP) is 4.44. The zero-order valence-corrected chi connectivity index (χ0v) is 16.8. The zero-order chi connectivity index (χ0) is 20.9. The second-order valence-electron chi connectivity index (χ2n) is 7.45. The van der Waals surface area contributed by atoms with Gasteiger partial charge >= 0.3 is 0 Å². The van der Waals surface area contributed by atoms with E-state index in [1.165, 1.54) is 12.1 Å². The van der Waals surface area contributed by atoms with Crippen molar-refractivity contribution in [3.05, 3.63) is 78.0 Å². The van der Waals surface area contributed by atoms with Gasteiger partial charge in [0.05, 0.1) is 18.3 Å². The number of carbonyl (C=O) groups excluding carboxylic acids is 1. The van der Waals surface area contributed by atoms with E-state index in [2.05, 4.69) is 20.5 Å². The minimum atomic E-state index is -0.326. The number of benzene rings is 1. The number of hydrogen-bond donors (Lipinski definition) is 2. The molecule has 0 saturated carbocycles. The van der Waals surface area contributed by atoms with Gasteiger partial charge in [-0.15, -0.1) is 0 Å². The maximum atomic E-state index is 13.1. The van der Waals surface area contributed by atoms with Gasteiger partial charge in [0.25, 0.3) is 0 Å². The molecule has 3 aromatic rings. The summed E-state index contributed by atoms with van der Waals surface area (Å²) in [6.45, 7) is 3.06. The van der Waals surface area contributed by atoms with Crippen LogP contribution >= 0.6 is 0 Å². The molecule has 1 amide bonds. The topological polar surface area (TPSA) is 70.2 Å². The molecule has 154 valence electrons. The van der Waals surface area contributed by atoms with Crippen LogP contribution < -0.4 is 10.6 Å². The Balaban J connectivity index is 1.46. The number of amides is 1. The van der Waals surface area contributed by atoms with Gasteiger partial charge in [-0.25, -0.2) is 9.37 Å². The van der Waals surface area contributed by atoms with Crippen LogP contribution in [-0.4, -0.2) is 33.9 Å². The molecule has 1 atom stereocenters. The normalized spacial score (nSPS) is 16.4. The molecule has 0 bridgehead atoms. The second-order valence-corrected chi connectivity index (χ2v) is 7.45. The maximum absolute atomic E-state index is 13.1. The van der Waals surface area contributed by atoms with Crippen molar-refractivity contribution in [2.24, 2.45) is 0 Å². The molecule has 0 aliphatic carbocycles. The standard InChI is InChI=1S/C23H24FN5O/c1-16-13-19(27-22-6-2-3-11-25-22)14-20(26-16)21-5-4-12-29(21)15-23(30)28-18-9-7-17(24)8-10-18/h2-3,6-11,13-14,21H,4-5,12,15H2,1H3,(H,28,30)(H,25,26,27)/t21-/m1/s1. The Morgan fingerprint density at radius 3 is 2.77 bits per heavy atom. The van der Waals surface area contributed by atoms with E-state index in [1.54, 1.807) is 18.3 Å². The lowest BCUT2D eigenvalue weighted by Gasteiger charge is -2.24. The zero-order valence-electron chi connectivity index (χ0n) is 16.8. The van der Waals surface area contributed by atoms with Gasteiger partial charge in [-0.2, -0.15) is 0 Å². The van der Waals surface area contributed by atoms with Gasteiger partial charge in [-0.3, -0.25) is 14.7 Å². The molecule has 0 spiro atoms. The first-order chi connectivity index (χ1) is 14.6. The summed E-state index contributed by atoms with van der Waals surface area (Å²) >= 11 is 0. The third-order valence-electron chi connectivity index (χ3n) is 5.09. The Morgan fingerprint density at radius 1 is 1.17 bits per heavy atom. The lowest BCUT2D eigenvalue weighted by Crippen LogP contribution is -2.33. The molecule has 1 fully saturated rings. The lowest BCUT2D eigenvalue weighted by atomic mass is 10.1. The van der Waals surface area contributed by atoms with Crippen molar-refractivity contribution in [2.75, 3.05) is 23.7 Å². The molecular formula is C23H24FN5O. The average Bonchev–Trinajstić information content (AvgIpc) is 3.18. The minimum Gasteiger partial charge on any atom is -0.340 e. The molecule has 30 heavy (non-hydrogen) atoms. The molecular weight excluding hydrogens is 381 g/mol. The van der Waals surface area contributed by atoms with Crippen LogP contribution in [-0.2, 0) is 4.79 Å². The van der Waals surface area contributed by atoms with Crippen LogP contribution in [0.15, 0.2) is 60.8 Å². The fourth-order valence-corrected chi connectivity index (χ4v) is 3.79. The first kappa shape index (κ1) is 20.0. The largest absolute Gasteiger partial charge is 0.340 e. The molecule has 4 rings (SSSR count). The van der Waals surface area contributed by atoms with Gasteiger partial charge in [0.2, 0.25) is 5.91 Å². The predicted molar refractivity (Wildman–Crippen MR) is 115 cm³/mol. The second kappa shape index (κ2) is 9.00. The number of nitrogens with one attached hydrogen (secondary N) is 2. The van der Waals surface area contributed by atoms with Crippen LogP contribution in [0.4, 0.5) is 21.6 Å². The number of hydrogen-bond acceptors (Lipinski definition) is 5. The Morgan fingerprint density at radius 2 is 2.00 bits per heavy atom. The molecule has 2 N–H and O–H groups in total. The number of aryl methyl sites for hydroxylation is 1. The summed E-state index contributed by atoms with van der Waals surface area (Å²) in [4.78, 5) is 23.7. The molecule has 3 heterocycles. The van der Waals surface area contributed by atoms with Crippen molar-refractivity contribution in [2.45, 2.75) is 25.8 Å². The third-order valence-corrected chi connectivity index (χ3v) is 5.09. The van der Waals surface area contributed by atoms with E-state index in [0.29, 0.717) is 5.69 Å². The summed E-state index contributed by atoms with van der Waals surface area (Å²) in [5.41, 5.74) is 3.38. The van der Waals surface area contributed by atoms with E-state index in [1.807, 2.05) is 37.3 Å². The Bertz CT molecular complexity index is 1010. The molecule has 1 aromatic carbocycles. The van der Waals surface area contributed by atoms with Gasteiger partial charge < -0.3 is 10.6 Å². The summed E-state index contributed by atoms with van der Waals surface area (Å²) in [5, 5.41) is 6.16. The monoisotopic (exact) mass is 405 g/mol. The number of carbonyl (C=O) groups is 1. The van der Waals surface area contributed by atoms with Crippen molar-refractivity contribution < 1.29 is 9.18 Å². The number of halogens is 1. The smallest absolute Gasteiger partial charge is 0.238 e. The SMILES string of the molecule is Cc1cc(Nc2ccccn2)cc([C@H]2CCCN2CC(=O)Nc2ccc(F)cc2)n1. The summed E-state index contributed by atoms with van der Waals surface area (Å²) in [5.74, 6) is 0.331. The Kier molecular flexibility index (Phi) is 5.99. The fourth-order valence-electron chi connectivity index (χ4n) is 3.79. The maximum Gasteiger partial charge on any atom is 0.238 e. The first-order valence-corrected chi connectivity index (χ1v) is 10.0. The minimum absolute atomic E-state index is 0.0770. The summed E-state index contributed by atoms with van der Waals surface area (Å²) in [6, 6.07) is 15.6. The summed E-state index contributed by atoms with van der Waals surface area (Å²) < 4.78 is 13.1. The molecule has 6 nitrogen and oxygen atoms in total. The van der Waals surface area contributed by atoms with E-state index in [-0.39, 0.29) is 24.3 Å². The van der Waals surface area contributed by atoms with Crippen molar-refractivity contribution in [1.29, 1.82) is 0 Å². The van der Waals surface area contributed by atoms with Gasteiger partial charge in [0.1, 0.15) is 11.6 Å². The van der Waals surface area contributed by atoms with Crippen LogP contribution in [0.5, 0.6) is 0 Å². The van der Waals surface area contributed by atoms with E-state index < -0.39 is 0 Å². The van der Waals surface area contributed by atoms with Crippen molar-refractivity contribution >= 4 is 23.1 Å². The molecule has 2 aromatic heterocycles. The Labute approximate surface area is 175 Å². The van der Waals surface area contributed by atoms with Crippen molar-refractivity contribution in [1.82, 2.24) is 14.9 Å². The highest BCUT2D eigenvalue weighted by molar-refractivity contribution is 5.92. The first-order valence-electron chi connectivity index (χ1n) is 10.0. The number of nitrogens with zero attached hydrogens (tertiary/aromatic N) is 3. The summed E-state index contributed by atoms with van der Waals surface area (Å²) in [6.07, 6.45) is 3.70. The van der Waals surface area contributed by atoms with Crippen LogP contribution in [0.3, 0.4) is 0 Å². The third kappa shape index (κ3) is 4.99. The molecule has 0 radical (unpaired) electrons. The Hall–Kier alpha value is -3.32. The van der Waals surface area contributed by atoms with Crippen LogP contribution in [0.1, 0.15) is 30.3 Å². The van der Waals surface area contributed by atoms with Gasteiger partial charge in [-0.1, -0.05) is 6.07 Å². The van der Waals surface area contributed by atoms with E-state index >= 15 is 0 Å². The fraction of sp³-hybridized carbons (Fsp3) is 0.261. The highest BCUT2D eigenvalue weighted by atomic mass is 19.1. The molecule has 1 aliphatic heterocycles. The van der Waals surface area contributed by atoms with E-state index in [9.17, 15) is 9.18 Å². The van der Waals surface area contributed by atoms with Gasteiger partial charge in [0.15, 0.2) is 0 Å². The van der Waals surface area contributed by atoms with Crippen LogP contribution in [0, 0.1) is 12.7 Å². The highest BCUT2D eigenvalue weighted by Gasteiger charge is 2.29. The molecule has 7 heteroatoms. The number of anilines is 3. The number of rotatable bonds is 6.